The van der Waals surface area contributed by atoms with E-state index in [0.717, 1.165) is 5.57 Å². The van der Waals surface area contributed by atoms with E-state index in [1.807, 2.05) is 13.0 Å². The van der Waals surface area contributed by atoms with E-state index in [9.17, 15) is 19.8 Å². The van der Waals surface area contributed by atoms with Gasteiger partial charge in [-0.1, -0.05) is 24.6 Å². The first-order chi connectivity index (χ1) is 12.2. The summed E-state index contributed by atoms with van der Waals surface area (Å²) in [6, 6.07) is 0. The standard InChI is InChI=1S/C21H25FO4/c1-19-10-18(26)21(22)15(14(19)5-6-16(19)17(25)11-23)4-3-12-9-13(24)7-8-20(12,21)2/h6-9,14-15,18,23,26H,3-5,10-11H2,1-2H3/t14-,15+,18+,19+,20+,21+/m1/s1. The van der Waals surface area contributed by atoms with E-state index < -0.39 is 35.1 Å². The van der Waals surface area contributed by atoms with Crippen LogP contribution in [0.3, 0.4) is 0 Å². The van der Waals surface area contributed by atoms with Gasteiger partial charge in [0.2, 0.25) is 0 Å². The van der Waals surface area contributed by atoms with Crippen LogP contribution in [0.4, 0.5) is 4.39 Å². The SMILES string of the molecule is C[C@]12C=CC(=O)C=C1CC[C@H]1[C@H]3CC=C(C(=O)CO)[C@@]3(C)C[C@H](O)[C@@]12F. The van der Waals surface area contributed by atoms with Crippen molar-refractivity contribution in [1.82, 2.24) is 0 Å². The number of allylic oxidation sites excluding steroid dienone is 5. The highest BCUT2D eigenvalue weighted by molar-refractivity contribution is 6.01. The average molecular weight is 360 g/mol. The number of ketones is 2. The van der Waals surface area contributed by atoms with Gasteiger partial charge in [-0.3, -0.25) is 9.59 Å². The topological polar surface area (TPSA) is 74.6 Å². The molecule has 6 atom stereocenters. The molecule has 2 fully saturated rings. The first-order valence-corrected chi connectivity index (χ1v) is 9.34. The number of fused-ring (bicyclic) bond motifs is 5. The number of halogens is 1. The van der Waals surface area contributed by atoms with E-state index >= 15 is 4.39 Å². The highest BCUT2D eigenvalue weighted by atomic mass is 19.1. The second-order valence-corrected chi connectivity index (χ2v) is 8.70. The number of rotatable bonds is 2. The lowest BCUT2D eigenvalue weighted by Gasteiger charge is -2.61. The van der Waals surface area contributed by atoms with Crippen LogP contribution in [0.15, 0.2) is 35.5 Å². The Morgan fingerprint density at radius 2 is 2.08 bits per heavy atom. The number of carbonyl (C=O) groups excluding carboxylic acids is 2. The number of carbonyl (C=O) groups is 2. The highest BCUT2D eigenvalue weighted by Crippen LogP contribution is 2.67. The van der Waals surface area contributed by atoms with Gasteiger partial charge in [-0.15, -0.1) is 0 Å². The van der Waals surface area contributed by atoms with E-state index in [0.29, 0.717) is 24.8 Å². The molecule has 0 spiro atoms. The molecule has 0 aromatic rings. The monoisotopic (exact) mass is 360 g/mol. The van der Waals surface area contributed by atoms with Crippen LogP contribution < -0.4 is 0 Å². The molecule has 0 radical (unpaired) electrons. The number of hydrogen-bond donors (Lipinski definition) is 2. The molecule has 4 aliphatic rings. The zero-order valence-electron chi connectivity index (χ0n) is 15.2. The molecule has 4 rings (SSSR count). The molecule has 0 aliphatic heterocycles. The molecule has 5 heteroatoms. The summed E-state index contributed by atoms with van der Waals surface area (Å²) in [5.74, 6) is -0.963. The van der Waals surface area contributed by atoms with Crippen LogP contribution in [0.5, 0.6) is 0 Å². The van der Waals surface area contributed by atoms with E-state index in [1.165, 1.54) is 12.2 Å². The lowest BCUT2D eigenvalue weighted by atomic mass is 9.45. The Morgan fingerprint density at radius 1 is 1.35 bits per heavy atom. The van der Waals surface area contributed by atoms with Crippen LogP contribution >= 0.6 is 0 Å². The summed E-state index contributed by atoms with van der Waals surface area (Å²) >= 11 is 0. The van der Waals surface area contributed by atoms with Gasteiger partial charge in [0.1, 0.15) is 6.61 Å². The Balaban J connectivity index is 1.79. The molecule has 0 saturated heterocycles. The molecule has 4 aliphatic carbocycles. The Labute approximate surface area is 152 Å². The summed E-state index contributed by atoms with van der Waals surface area (Å²) < 4.78 is 16.7. The summed E-state index contributed by atoms with van der Waals surface area (Å²) in [6.45, 7) is 3.13. The molecule has 0 bridgehead atoms. The van der Waals surface area contributed by atoms with Crippen LogP contribution in [0.2, 0.25) is 0 Å². The predicted molar refractivity (Wildman–Crippen MR) is 93.9 cm³/mol. The van der Waals surface area contributed by atoms with Gasteiger partial charge in [0.25, 0.3) is 0 Å². The Hall–Kier alpha value is -1.59. The minimum absolute atomic E-state index is 0.0918. The summed E-state index contributed by atoms with van der Waals surface area (Å²) in [4.78, 5) is 24.0. The van der Waals surface area contributed by atoms with Gasteiger partial charge in [0, 0.05) is 16.7 Å². The molecule has 2 saturated carbocycles. The first-order valence-electron chi connectivity index (χ1n) is 9.34. The highest BCUT2D eigenvalue weighted by Gasteiger charge is 2.69. The molecular weight excluding hydrogens is 335 g/mol. The van der Waals surface area contributed by atoms with Crippen molar-refractivity contribution in [2.45, 2.75) is 51.3 Å². The van der Waals surface area contributed by atoms with Crippen molar-refractivity contribution in [3.8, 4) is 0 Å². The van der Waals surface area contributed by atoms with Gasteiger partial charge in [0.05, 0.1) is 6.10 Å². The number of Topliss-reactive ketones (excluding diaryl/α,β-unsaturated/α-hetero) is 1. The number of hydrogen-bond acceptors (Lipinski definition) is 4. The van der Waals surface area contributed by atoms with Crippen molar-refractivity contribution in [3.63, 3.8) is 0 Å². The predicted octanol–water partition coefficient (Wildman–Crippen LogP) is 2.45. The van der Waals surface area contributed by atoms with Gasteiger partial charge in [0.15, 0.2) is 17.2 Å². The number of aliphatic hydroxyl groups excluding tert-OH is 2. The first kappa shape index (κ1) is 17.8. The third-order valence-electron chi connectivity index (χ3n) is 7.67. The smallest absolute Gasteiger partial charge is 0.184 e. The normalized spacial score (nSPS) is 46.8. The minimum Gasteiger partial charge on any atom is -0.390 e. The largest absolute Gasteiger partial charge is 0.390 e. The zero-order chi connectivity index (χ0) is 18.9. The van der Waals surface area contributed by atoms with Gasteiger partial charge in [-0.2, -0.15) is 0 Å². The maximum atomic E-state index is 16.7. The van der Waals surface area contributed by atoms with Crippen molar-refractivity contribution >= 4 is 11.6 Å². The van der Waals surface area contributed by atoms with Gasteiger partial charge < -0.3 is 10.2 Å². The summed E-state index contributed by atoms with van der Waals surface area (Å²) in [5, 5.41) is 20.3. The molecule has 4 nitrogen and oxygen atoms in total. The van der Waals surface area contributed by atoms with Gasteiger partial charge in [-0.05, 0) is 56.3 Å². The van der Waals surface area contributed by atoms with Crippen molar-refractivity contribution in [2.24, 2.45) is 22.7 Å². The second kappa shape index (κ2) is 5.46. The van der Waals surface area contributed by atoms with Gasteiger partial charge >= 0.3 is 0 Å². The minimum atomic E-state index is -1.87. The van der Waals surface area contributed by atoms with Crippen LogP contribution in [0.1, 0.15) is 39.5 Å². The van der Waals surface area contributed by atoms with Crippen molar-refractivity contribution in [2.75, 3.05) is 6.61 Å². The van der Waals surface area contributed by atoms with Crippen molar-refractivity contribution < 1.29 is 24.2 Å². The van der Waals surface area contributed by atoms with Crippen molar-refractivity contribution in [3.05, 3.63) is 35.5 Å². The zero-order valence-corrected chi connectivity index (χ0v) is 15.2. The average Bonchev–Trinajstić information content (AvgIpc) is 2.93. The van der Waals surface area contributed by atoms with Crippen LogP contribution in [0, 0.1) is 22.7 Å². The fraction of sp³-hybridized carbons (Fsp3) is 0.619. The molecule has 0 aromatic carbocycles. The summed E-state index contributed by atoms with van der Waals surface area (Å²) in [5.41, 5.74) is -2.21. The van der Waals surface area contributed by atoms with Crippen LogP contribution in [-0.2, 0) is 9.59 Å². The number of aliphatic hydroxyl groups is 2. The number of alkyl halides is 1. The molecule has 0 unspecified atom stereocenters. The maximum Gasteiger partial charge on any atom is 0.184 e. The van der Waals surface area contributed by atoms with Crippen LogP contribution in [-0.4, -0.2) is 40.2 Å². The molecule has 0 amide bonds. The fourth-order valence-electron chi connectivity index (χ4n) is 6.30. The van der Waals surface area contributed by atoms with E-state index in [2.05, 4.69) is 0 Å². The van der Waals surface area contributed by atoms with E-state index in [1.54, 1.807) is 13.0 Å². The Morgan fingerprint density at radius 3 is 2.77 bits per heavy atom. The second-order valence-electron chi connectivity index (χ2n) is 8.70. The molecule has 0 heterocycles. The van der Waals surface area contributed by atoms with Crippen LogP contribution in [0.25, 0.3) is 0 Å². The summed E-state index contributed by atoms with van der Waals surface area (Å²) in [6.07, 6.45) is 7.03. The lowest BCUT2D eigenvalue weighted by Crippen LogP contribution is -2.66. The lowest BCUT2D eigenvalue weighted by molar-refractivity contribution is -0.185. The molecule has 140 valence electrons. The third-order valence-corrected chi connectivity index (χ3v) is 7.67. The molecule has 2 N–H and O–H groups in total. The summed E-state index contributed by atoms with van der Waals surface area (Å²) in [7, 11) is 0. The fourth-order valence-corrected chi connectivity index (χ4v) is 6.30. The van der Waals surface area contributed by atoms with Gasteiger partial charge in [-0.25, -0.2) is 4.39 Å². The quantitative estimate of drug-likeness (QED) is 0.793. The molecule has 26 heavy (non-hydrogen) atoms. The Bertz CT molecular complexity index is 781. The Kier molecular flexibility index (Phi) is 3.74. The molecule has 0 aromatic heterocycles. The van der Waals surface area contributed by atoms with E-state index in [-0.39, 0.29) is 23.9 Å². The van der Waals surface area contributed by atoms with E-state index in [4.69, 9.17) is 0 Å². The van der Waals surface area contributed by atoms with Crippen molar-refractivity contribution in [1.29, 1.82) is 0 Å². The maximum absolute atomic E-state index is 16.7. The third kappa shape index (κ3) is 1.96. The molecular formula is C21H25FO4.